The first-order valence-corrected chi connectivity index (χ1v) is 7.45. The van der Waals surface area contributed by atoms with Crippen LogP contribution in [0.5, 0.6) is 5.75 Å². The predicted molar refractivity (Wildman–Crippen MR) is 101 cm³/mol. The molecule has 1 aromatic carbocycles. The Labute approximate surface area is 145 Å². The van der Waals surface area contributed by atoms with Crippen LogP contribution in [0.1, 0.15) is 32.3 Å². The van der Waals surface area contributed by atoms with Gasteiger partial charge in [0.05, 0.1) is 7.11 Å². The normalized spacial score (nSPS) is 10.7. The molecule has 120 valence electrons. The third-order valence-electron chi connectivity index (χ3n) is 2.99. The summed E-state index contributed by atoms with van der Waals surface area (Å²) in [5.41, 5.74) is 1.29. The molecule has 0 aromatic heterocycles. The van der Waals surface area contributed by atoms with Gasteiger partial charge in [0, 0.05) is 19.6 Å². The molecule has 0 radical (unpaired) electrons. The van der Waals surface area contributed by atoms with Gasteiger partial charge >= 0.3 is 0 Å². The van der Waals surface area contributed by atoms with Crippen LogP contribution in [-0.4, -0.2) is 32.7 Å². The van der Waals surface area contributed by atoms with Gasteiger partial charge in [-0.2, -0.15) is 0 Å². The summed E-state index contributed by atoms with van der Waals surface area (Å²) in [6.45, 7) is 6.92. The van der Waals surface area contributed by atoms with Crippen molar-refractivity contribution in [2.45, 2.75) is 33.1 Å². The standard InChI is InChI=1S/C16H27N3O.HI/c1-4-6-12-18-16(17-5-2)19-13-11-14-7-9-15(20-3)10-8-14;/h7-10H,4-6,11-13H2,1-3H3,(H2,17,18,19);1H. The van der Waals surface area contributed by atoms with Crippen molar-refractivity contribution in [3.63, 3.8) is 0 Å². The zero-order chi connectivity index (χ0) is 14.6. The zero-order valence-corrected chi connectivity index (χ0v) is 15.6. The van der Waals surface area contributed by atoms with Crippen molar-refractivity contribution in [2.75, 3.05) is 26.7 Å². The van der Waals surface area contributed by atoms with Crippen molar-refractivity contribution in [3.8, 4) is 5.75 Å². The summed E-state index contributed by atoms with van der Waals surface area (Å²) in [6.07, 6.45) is 3.28. The Morgan fingerprint density at radius 3 is 2.43 bits per heavy atom. The quantitative estimate of drug-likeness (QED) is 0.302. The molecule has 0 fully saturated rings. The van der Waals surface area contributed by atoms with Crippen LogP contribution >= 0.6 is 24.0 Å². The van der Waals surface area contributed by atoms with Gasteiger partial charge in [-0.3, -0.25) is 4.99 Å². The molecular formula is C16H28IN3O. The van der Waals surface area contributed by atoms with E-state index in [-0.39, 0.29) is 24.0 Å². The van der Waals surface area contributed by atoms with E-state index < -0.39 is 0 Å². The van der Waals surface area contributed by atoms with Crippen molar-refractivity contribution in [3.05, 3.63) is 29.8 Å². The first-order chi connectivity index (χ1) is 9.80. The molecule has 21 heavy (non-hydrogen) atoms. The maximum absolute atomic E-state index is 5.15. The van der Waals surface area contributed by atoms with E-state index in [1.54, 1.807) is 7.11 Å². The molecule has 0 heterocycles. The van der Waals surface area contributed by atoms with E-state index in [4.69, 9.17) is 4.74 Å². The van der Waals surface area contributed by atoms with Gasteiger partial charge in [0.15, 0.2) is 5.96 Å². The van der Waals surface area contributed by atoms with Gasteiger partial charge in [0.1, 0.15) is 5.75 Å². The summed E-state index contributed by atoms with van der Waals surface area (Å²) in [6, 6.07) is 8.19. The number of rotatable bonds is 8. The molecule has 0 aliphatic rings. The molecule has 1 aromatic rings. The lowest BCUT2D eigenvalue weighted by atomic mass is 10.1. The van der Waals surface area contributed by atoms with Crippen LogP contribution in [0.15, 0.2) is 29.3 Å². The van der Waals surface area contributed by atoms with Gasteiger partial charge in [-0.25, -0.2) is 0 Å². The summed E-state index contributed by atoms with van der Waals surface area (Å²) < 4.78 is 5.15. The first-order valence-electron chi connectivity index (χ1n) is 7.45. The number of nitrogens with zero attached hydrogens (tertiary/aromatic N) is 1. The Bertz CT molecular complexity index is 393. The molecular weight excluding hydrogens is 377 g/mol. The number of methoxy groups -OCH3 is 1. The topological polar surface area (TPSA) is 45.7 Å². The fraction of sp³-hybridized carbons (Fsp3) is 0.562. The first kappa shape index (κ1) is 20.0. The molecule has 2 N–H and O–H groups in total. The maximum Gasteiger partial charge on any atom is 0.191 e. The lowest BCUT2D eigenvalue weighted by Gasteiger charge is -2.11. The van der Waals surface area contributed by atoms with Gasteiger partial charge in [-0.05, 0) is 37.5 Å². The van der Waals surface area contributed by atoms with Gasteiger partial charge in [-0.15, -0.1) is 24.0 Å². The van der Waals surface area contributed by atoms with E-state index >= 15 is 0 Å². The van der Waals surface area contributed by atoms with E-state index in [0.717, 1.165) is 44.2 Å². The fourth-order valence-electron chi connectivity index (χ4n) is 1.81. The van der Waals surface area contributed by atoms with Crippen LogP contribution in [0, 0.1) is 0 Å². The summed E-state index contributed by atoms with van der Waals surface area (Å²) in [5, 5.41) is 6.63. The summed E-state index contributed by atoms with van der Waals surface area (Å²) in [4.78, 5) is 4.54. The molecule has 0 aliphatic carbocycles. The van der Waals surface area contributed by atoms with Gasteiger partial charge in [-0.1, -0.05) is 25.5 Å². The van der Waals surface area contributed by atoms with Crippen LogP contribution in [0.25, 0.3) is 0 Å². The molecule has 1 rings (SSSR count). The highest BCUT2D eigenvalue weighted by Gasteiger charge is 1.98. The minimum atomic E-state index is 0. The van der Waals surface area contributed by atoms with Gasteiger partial charge < -0.3 is 15.4 Å². The molecule has 0 saturated heterocycles. The third kappa shape index (κ3) is 8.80. The second-order valence-corrected chi connectivity index (χ2v) is 4.64. The molecule has 4 nitrogen and oxygen atoms in total. The van der Waals surface area contributed by atoms with Crippen molar-refractivity contribution >= 4 is 29.9 Å². The number of halogens is 1. The third-order valence-corrected chi connectivity index (χ3v) is 2.99. The lowest BCUT2D eigenvalue weighted by Crippen LogP contribution is -2.38. The van der Waals surface area contributed by atoms with Gasteiger partial charge in [0.25, 0.3) is 0 Å². The van der Waals surface area contributed by atoms with Crippen LogP contribution in [-0.2, 0) is 6.42 Å². The van der Waals surface area contributed by atoms with Crippen molar-refractivity contribution in [1.29, 1.82) is 0 Å². The molecule has 0 bridgehead atoms. The summed E-state index contributed by atoms with van der Waals surface area (Å²) in [5.74, 6) is 1.81. The summed E-state index contributed by atoms with van der Waals surface area (Å²) >= 11 is 0. The van der Waals surface area contributed by atoms with E-state index in [1.807, 2.05) is 12.1 Å². The molecule has 0 unspecified atom stereocenters. The lowest BCUT2D eigenvalue weighted by molar-refractivity contribution is 0.414. The fourth-order valence-corrected chi connectivity index (χ4v) is 1.81. The van der Waals surface area contributed by atoms with E-state index in [1.165, 1.54) is 12.0 Å². The Balaban J connectivity index is 0.00000400. The molecule has 0 aliphatic heterocycles. The number of unbranched alkanes of at least 4 members (excludes halogenated alkanes) is 1. The maximum atomic E-state index is 5.15. The molecule has 5 heteroatoms. The number of aliphatic imine (C=N–C) groups is 1. The number of guanidine groups is 1. The Morgan fingerprint density at radius 1 is 1.14 bits per heavy atom. The van der Waals surface area contributed by atoms with Crippen LogP contribution in [0.4, 0.5) is 0 Å². The van der Waals surface area contributed by atoms with E-state index in [9.17, 15) is 0 Å². The number of hydrogen-bond acceptors (Lipinski definition) is 2. The minimum Gasteiger partial charge on any atom is -0.497 e. The smallest absolute Gasteiger partial charge is 0.191 e. The van der Waals surface area contributed by atoms with Crippen molar-refractivity contribution in [2.24, 2.45) is 4.99 Å². The molecule has 0 saturated carbocycles. The zero-order valence-electron chi connectivity index (χ0n) is 13.3. The van der Waals surface area contributed by atoms with E-state index in [0.29, 0.717) is 0 Å². The Morgan fingerprint density at radius 2 is 1.86 bits per heavy atom. The highest BCUT2D eigenvalue weighted by Crippen LogP contribution is 2.11. The molecule has 0 spiro atoms. The van der Waals surface area contributed by atoms with Gasteiger partial charge in [0.2, 0.25) is 0 Å². The predicted octanol–water partition coefficient (Wildman–Crippen LogP) is 3.21. The van der Waals surface area contributed by atoms with Crippen LogP contribution in [0.3, 0.4) is 0 Å². The number of benzene rings is 1. The monoisotopic (exact) mass is 405 g/mol. The van der Waals surface area contributed by atoms with Crippen molar-refractivity contribution in [1.82, 2.24) is 10.6 Å². The largest absolute Gasteiger partial charge is 0.497 e. The second-order valence-electron chi connectivity index (χ2n) is 4.64. The number of hydrogen-bond donors (Lipinski definition) is 2. The molecule has 0 amide bonds. The van der Waals surface area contributed by atoms with E-state index in [2.05, 4.69) is 41.6 Å². The average Bonchev–Trinajstić information content (AvgIpc) is 2.48. The Kier molecular flexibility index (Phi) is 12.1. The highest BCUT2D eigenvalue weighted by atomic mass is 127. The Hall–Kier alpha value is -0.980. The van der Waals surface area contributed by atoms with Crippen molar-refractivity contribution < 1.29 is 4.74 Å². The average molecular weight is 405 g/mol. The number of ether oxygens (including phenoxy) is 1. The van der Waals surface area contributed by atoms with Crippen LogP contribution in [0.2, 0.25) is 0 Å². The SMILES string of the molecule is CCCCN=C(NCC)NCCc1ccc(OC)cc1.I. The van der Waals surface area contributed by atoms with Crippen LogP contribution < -0.4 is 15.4 Å². The minimum absolute atomic E-state index is 0. The molecule has 0 atom stereocenters. The number of nitrogens with one attached hydrogen (secondary N) is 2. The summed E-state index contributed by atoms with van der Waals surface area (Å²) in [7, 11) is 1.69. The highest BCUT2D eigenvalue weighted by molar-refractivity contribution is 14.0. The second kappa shape index (κ2) is 12.7.